The summed E-state index contributed by atoms with van der Waals surface area (Å²) in [5.41, 5.74) is 1.93. The molecule has 100 valence electrons. The van der Waals surface area contributed by atoms with Crippen molar-refractivity contribution in [3.63, 3.8) is 0 Å². The van der Waals surface area contributed by atoms with E-state index in [1.807, 2.05) is 24.3 Å². The minimum absolute atomic E-state index is 0.232. The molecule has 0 fully saturated rings. The Hall–Kier alpha value is -1.07. The fourth-order valence-electron chi connectivity index (χ4n) is 1.52. The molecule has 0 spiro atoms. The molecule has 0 aromatic heterocycles. The van der Waals surface area contributed by atoms with Crippen molar-refractivity contribution in [3.05, 3.63) is 29.8 Å². The van der Waals surface area contributed by atoms with Crippen LogP contribution in [0.25, 0.3) is 0 Å². The van der Waals surface area contributed by atoms with Crippen molar-refractivity contribution in [1.29, 1.82) is 0 Å². The summed E-state index contributed by atoms with van der Waals surface area (Å²) in [7, 11) is 0. The van der Waals surface area contributed by atoms with Crippen LogP contribution in [-0.2, 0) is 11.2 Å². The molecule has 0 saturated heterocycles. The fourth-order valence-corrected chi connectivity index (χ4v) is 1.86. The average molecular weight is 316 g/mol. The number of rotatable bonds is 6. The molecule has 0 heterocycles. The molecule has 1 amide bonds. The van der Waals surface area contributed by atoms with E-state index < -0.39 is 6.09 Å². The number of benzene rings is 1. The first-order chi connectivity index (χ1) is 8.69. The Labute approximate surface area is 116 Å². The molecule has 1 aromatic carbocycles. The van der Waals surface area contributed by atoms with Crippen LogP contribution in [0.2, 0.25) is 0 Å². The van der Waals surface area contributed by atoms with Crippen LogP contribution in [0.5, 0.6) is 0 Å². The van der Waals surface area contributed by atoms with Gasteiger partial charge in [-0.2, -0.15) is 0 Å². The number of hydrogen-bond acceptors (Lipinski definition) is 3. The van der Waals surface area contributed by atoms with Crippen LogP contribution in [0.4, 0.5) is 10.5 Å². The molecule has 18 heavy (non-hydrogen) atoms. The van der Waals surface area contributed by atoms with Gasteiger partial charge in [0.25, 0.3) is 0 Å². The highest BCUT2D eigenvalue weighted by Gasteiger charge is 2.13. The fraction of sp³-hybridized carbons (Fsp3) is 0.462. The number of carbonyl (C=O) groups is 1. The summed E-state index contributed by atoms with van der Waals surface area (Å²) in [5.74, 6) is 0. The largest absolute Gasteiger partial charge is 0.449 e. The number of ether oxygens (including phenoxy) is 1. The number of unbranched alkanes of at least 4 members (excludes halogenated alkanes) is 1. The Morgan fingerprint density at radius 3 is 2.56 bits per heavy atom. The van der Waals surface area contributed by atoms with Gasteiger partial charge < -0.3 is 9.84 Å². The maximum absolute atomic E-state index is 11.5. The van der Waals surface area contributed by atoms with Gasteiger partial charge in [0.2, 0.25) is 0 Å². The van der Waals surface area contributed by atoms with E-state index in [2.05, 4.69) is 16.1 Å². The van der Waals surface area contributed by atoms with E-state index in [1.165, 1.54) is 9.49 Å². The Balaban J connectivity index is 2.56. The zero-order valence-electron chi connectivity index (χ0n) is 10.4. The zero-order chi connectivity index (χ0) is 13.4. The molecule has 1 N–H and O–H groups in total. The highest BCUT2D eigenvalue weighted by Crippen LogP contribution is 2.20. The molecule has 0 radical (unpaired) electrons. The van der Waals surface area contributed by atoms with Crippen molar-refractivity contribution in [3.8, 4) is 0 Å². The predicted molar refractivity (Wildman–Crippen MR) is 74.9 cm³/mol. The van der Waals surface area contributed by atoms with Crippen LogP contribution in [0, 0.1) is 0 Å². The van der Waals surface area contributed by atoms with Gasteiger partial charge in [0.1, 0.15) is 0 Å². The topological polar surface area (TPSA) is 49.8 Å². The first-order valence-electron chi connectivity index (χ1n) is 6.01. The van der Waals surface area contributed by atoms with Gasteiger partial charge >= 0.3 is 6.09 Å². The van der Waals surface area contributed by atoms with Gasteiger partial charge in [0.15, 0.2) is 0 Å². The Morgan fingerprint density at radius 1 is 1.33 bits per heavy atom. The third kappa shape index (κ3) is 4.66. The van der Waals surface area contributed by atoms with E-state index in [4.69, 9.17) is 9.84 Å². The van der Waals surface area contributed by atoms with Crippen molar-refractivity contribution >= 4 is 27.9 Å². The predicted octanol–water partition coefficient (Wildman–Crippen LogP) is 3.27. The summed E-state index contributed by atoms with van der Waals surface area (Å²) in [5, 5.41) is 8.71. The molecule has 5 heteroatoms. The molecule has 0 aliphatic rings. The third-order valence-corrected chi connectivity index (χ3v) is 3.16. The van der Waals surface area contributed by atoms with Crippen molar-refractivity contribution in [2.75, 3.05) is 17.1 Å². The molecular formula is C13H18BrNO3. The number of aryl methyl sites for hydroxylation is 1. The molecule has 0 bridgehead atoms. The van der Waals surface area contributed by atoms with Crippen molar-refractivity contribution in [2.45, 2.75) is 26.2 Å². The lowest BCUT2D eigenvalue weighted by Gasteiger charge is -2.14. The summed E-state index contributed by atoms with van der Waals surface area (Å²) in [6.45, 7) is 2.35. The Morgan fingerprint density at radius 2 is 2.00 bits per heavy atom. The number of halogens is 1. The summed E-state index contributed by atoms with van der Waals surface area (Å²) in [4.78, 5) is 11.5. The normalized spacial score (nSPS) is 10.2. The number of carbonyl (C=O) groups excluding carboxylic acids is 1. The molecule has 0 unspecified atom stereocenters. The first-order valence-corrected chi connectivity index (χ1v) is 6.72. The summed E-state index contributed by atoms with van der Waals surface area (Å²) in [6.07, 6.45) is 2.29. The van der Waals surface area contributed by atoms with E-state index in [0.717, 1.165) is 24.9 Å². The highest BCUT2D eigenvalue weighted by atomic mass is 79.9. The SMILES string of the molecule is CCOC(=O)N(Br)c1ccc(CCCCO)cc1. The molecule has 0 saturated carbocycles. The van der Waals surface area contributed by atoms with Crippen LogP contribution >= 0.6 is 16.1 Å². The molecular weight excluding hydrogens is 298 g/mol. The Bertz CT molecular complexity index is 367. The van der Waals surface area contributed by atoms with Crippen molar-refractivity contribution in [2.24, 2.45) is 0 Å². The number of anilines is 1. The Kier molecular flexibility index (Phi) is 6.75. The van der Waals surface area contributed by atoms with E-state index >= 15 is 0 Å². The van der Waals surface area contributed by atoms with Gasteiger partial charge in [0.05, 0.1) is 28.4 Å². The van der Waals surface area contributed by atoms with Crippen molar-refractivity contribution < 1.29 is 14.6 Å². The second-order valence-corrected chi connectivity index (χ2v) is 4.54. The van der Waals surface area contributed by atoms with Gasteiger partial charge in [-0.3, -0.25) is 0 Å². The quantitative estimate of drug-likeness (QED) is 0.647. The number of hydrogen-bond donors (Lipinski definition) is 1. The van der Waals surface area contributed by atoms with Gasteiger partial charge in [0, 0.05) is 6.61 Å². The summed E-state index contributed by atoms with van der Waals surface area (Å²) >= 11 is 3.17. The lowest BCUT2D eigenvalue weighted by molar-refractivity contribution is 0.165. The molecule has 1 aromatic rings. The van der Waals surface area contributed by atoms with Crippen LogP contribution in [0.3, 0.4) is 0 Å². The monoisotopic (exact) mass is 315 g/mol. The van der Waals surface area contributed by atoms with Crippen LogP contribution in [0.1, 0.15) is 25.3 Å². The molecule has 4 nitrogen and oxygen atoms in total. The van der Waals surface area contributed by atoms with Crippen LogP contribution in [0.15, 0.2) is 24.3 Å². The maximum atomic E-state index is 11.5. The number of nitrogens with zero attached hydrogens (tertiary/aromatic N) is 1. The number of amides is 1. The van der Waals surface area contributed by atoms with Crippen molar-refractivity contribution in [1.82, 2.24) is 0 Å². The molecule has 0 atom stereocenters. The van der Waals surface area contributed by atoms with E-state index in [0.29, 0.717) is 6.61 Å². The van der Waals surface area contributed by atoms with Gasteiger partial charge in [-0.15, -0.1) is 0 Å². The van der Waals surface area contributed by atoms with E-state index in [1.54, 1.807) is 6.92 Å². The van der Waals surface area contributed by atoms with E-state index in [-0.39, 0.29) is 6.61 Å². The van der Waals surface area contributed by atoms with Crippen LogP contribution < -0.4 is 3.93 Å². The highest BCUT2D eigenvalue weighted by molar-refractivity contribution is 9.10. The maximum Gasteiger partial charge on any atom is 0.424 e. The molecule has 1 rings (SSSR count). The lowest BCUT2D eigenvalue weighted by atomic mass is 10.1. The van der Waals surface area contributed by atoms with Gasteiger partial charge in [-0.05, 0) is 43.9 Å². The lowest BCUT2D eigenvalue weighted by Crippen LogP contribution is -2.21. The van der Waals surface area contributed by atoms with E-state index in [9.17, 15) is 4.79 Å². The second-order valence-electron chi connectivity index (χ2n) is 3.83. The second kappa shape index (κ2) is 8.11. The molecule has 0 aliphatic heterocycles. The standard InChI is InChI=1S/C13H18BrNO3/c1-2-18-13(17)15(14)12-8-6-11(7-9-12)5-3-4-10-16/h6-9,16H,2-5,10H2,1H3. The molecule has 0 aliphatic carbocycles. The minimum Gasteiger partial charge on any atom is -0.449 e. The number of aliphatic hydroxyl groups is 1. The summed E-state index contributed by atoms with van der Waals surface area (Å²) in [6, 6.07) is 7.67. The average Bonchev–Trinajstić information content (AvgIpc) is 2.39. The first kappa shape index (κ1) is 15.0. The zero-order valence-corrected chi connectivity index (χ0v) is 12.0. The minimum atomic E-state index is -0.425. The third-order valence-electron chi connectivity index (χ3n) is 2.46. The van der Waals surface area contributed by atoms with Gasteiger partial charge in [-0.25, -0.2) is 8.72 Å². The van der Waals surface area contributed by atoms with Crippen LogP contribution in [-0.4, -0.2) is 24.4 Å². The number of aliphatic hydroxyl groups excluding tert-OH is 1. The van der Waals surface area contributed by atoms with Gasteiger partial charge in [-0.1, -0.05) is 12.1 Å². The summed E-state index contributed by atoms with van der Waals surface area (Å²) < 4.78 is 6.18. The smallest absolute Gasteiger partial charge is 0.424 e.